The Kier molecular flexibility index (Phi) is 3.77. The van der Waals surface area contributed by atoms with Crippen LogP contribution in [0.3, 0.4) is 0 Å². The third kappa shape index (κ3) is 3.83. The predicted molar refractivity (Wildman–Crippen MR) is 58.1 cm³/mol. The molecule has 15 heavy (non-hydrogen) atoms. The number of hydrogen-bond acceptors (Lipinski definition) is 3. The van der Waals surface area contributed by atoms with Crippen molar-refractivity contribution < 1.29 is 14.5 Å². The fourth-order valence-electron chi connectivity index (χ4n) is 1.49. The minimum atomic E-state index is -0.593. The van der Waals surface area contributed by atoms with Gasteiger partial charge in [0.2, 0.25) is 0 Å². The van der Waals surface area contributed by atoms with Crippen LogP contribution in [0.25, 0.3) is 0 Å². The highest BCUT2D eigenvalue weighted by Gasteiger charge is 2.38. The van der Waals surface area contributed by atoms with Crippen LogP contribution in [0.4, 0.5) is 0 Å². The van der Waals surface area contributed by atoms with Gasteiger partial charge in [0, 0.05) is 0 Å². The van der Waals surface area contributed by atoms with Crippen LogP contribution < -0.4 is 0 Å². The van der Waals surface area contributed by atoms with E-state index in [0.29, 0.717) is 6.61 Å². The maximum Gasteiger partial charge on any atom is 0.155 e. The van der Waals surface area contributed by atoms with Gasteiger partial charge in [0.15, 0.2) is 5.60 Å². The number of rotatable bonds is 3. The molecule has 0 saturated carbocycles. The Hall–Kier alpha value is -0.560. The number of ether oxygens (including phenoxy) is 1. The van der Waals surface area contributed by atoms with Crippen LogP contribution >= 0.6 is 0 Å². The van der Waals surface area contributed by atoms with Gasteiger partial charge in [0.05, 0.1) is 11.7 Å². The first kappa shape index (κ1) is 12.5. The SMILES string of the molecule is C#C[C@@]1(COOC(C)(C)C)CC[C@H](C)O1. The fourth-order valence-corrected chi connectivity index (χ4v) is 1.49. The summed E-state index contributed by atoms with van der Waals surface area (Å²) in [5, 5.41) is 0. The average molecular weight is 212 g/mol. The monoisotopic (exact) mass is 212 g/mol. The molecule has 0 aromatic carbocycles. The molecular weight excluding hydrogens is 192 g/mol. The Bertz CT molecular complexity index is 249. The van der Waals surface area contributed by atoms with Gasteiger partial charge < -0.3 is 4.74 Å². The molecule has 0 aromatic rings. The van der Waals surface area contributed by atoms with Crippen molar-refractivity contribution in [3.05, 3.63) is 0 Å². The van der Waals surface area contributed by atoms with E-state index < -0.39 is 5.60 Å². The van der Waals surface area contributed by atoms with Crippen LogP contribution in [-0.4, -0.2) is 23.9 Å². The molecule has 0 bridgehead atoms. The minimum absolute atomic E-state index is 0.208. The van der Waals surface area contributed by atoms with E-state index in [4.69, 9.17) is 20.9 Å². The van der Waals surface area contributed by atoms with Gasteiger partial charge in [0.25, 0.3) is 0 Å². The van der Waals surface area contributed by atoms with Gasteiger partial charge in [-0.3, -0.25) is 0 Å². The number of terminal acetylenes is 1. The zero-order valence-corrected chi connectivity index (χ0v) is 10.0. The van der Waals surface area contributed by atoms with Crippen molar-refractivity contribution in [2.24, 2.45) is 0 Å². The van der Waals surface area contributed by atoms with Crippen molar-refractivity contribution in [2.45, 2.75) is 57.8 Å². The first-order valence-electron chi connectivity index (χ1n) is 5.33. The highest BCUT2D eigenvalue weighted by atomic mass is 17.2. The minimum Gasteiger partial charge on any atom is -0.357 e. The van der Waals surface area contributed by atoms with Gasteiger partial charge in [-0.05, 0) is 40.5 Å². The standard InChI is InChI=1S/C12H20O3/c1-6-12(8-7-10(2)14-12)9-13-15-11(3,4)5/h1,10H,7-9H2,2-5H3/t10-,12-/m0/s1. The Morgan fingerprint density at radius 1 is 1.53 bits per heavy atom. The van der Waals surface area contributed by atoms with E-state index in [1.165, 1.54) is 0 Å². The molecule has 3 heteroatoms. The Labute approximate surface area is 92.0 Å². The second kappa shape index (κ2) is 4.52. The van der Waals surface area contributed by atoms with Crippen LogP contribution in [-0.2, 0) is 14.5 Å². The summed E-state index contributed by atoms with van der Waals surface area (Å²) in [6.45, 7) is 8.09. The molecule has 0 aromatic heterocycles. The summed E-state index contributed by atoms with van der Waals surface area (Å²) in [6.07, 6.45) is 7.48. The average Bonchev–Trinajstić information content (AvgIpc) is 2.46. The summed E-state index contributed by atoms with van der Waals surface area (Å²) >= 11 is 0. The van der Waals surface area contributed by atoms with Crippen LogP contribution in [0.1, 0.15) is 40.5 Å². The molecule has 3 nitrogen and oxygen atoms in total. The summed E-state index contributed by atoms with van der Waals surface area (Å²) in [4.78, 5) is 10.3. The van der Waals surface area contributed by atoms with Gasteiger partial charge in [-0.2, -0.15) is 0 Å². The predicted octanol–water partition coefficient (Wildman–Crippen LogP) is 2.30. The first-order chi connectivity index (χ1) is 6.87. The van der Waals surface area contributed by atoms with E-state index in [1.807, 2.05) is 27.7 Å². The number of hydrogen-bond donors (Lipinski definition) is 0. The molecule has 1 rings (SSSR count). The van der Waals surface area contributed by atoms with Crippen molar-refractivity contribution in [1.82, 2.24) is 0 Å². The summed E-state index contributed by atoms with van der Waals surface area (Å²) in [7, 11) is 0. The molecule has 1 aliphatic rings. The lowest BCUT2D eigenvalue weighted by atomic mass is 10.0. The molecule has 1 aliphatic heterocycles. The quantitative estimate of drug-likeness (QED) is 0.408. The van der Waals surface area contributed by atoms with E-state index in [9.17, 15) is 0 Å². The Balaban J connectivity index is 2.39. The van der Waals surface area contributed by atoms with Crippen molar-refractivity contribution in [1.29, 1.82) is 0 Å². The lowest BCUT2D eigenvalue weighted by Gasteiger charge is -2.25. The lowest BCUT2D eigenvalue weighted by Crippen LogP contribution is -2.34. The highest BCUT2D eigenvalue weighted by molar-refractivity contribution is 5.11. The maximum absolute atomic E-state index is 5.67. The van der Waals surface area contributed by atoms with Crippen LogP contribution in [0.15, 0.2) is 0 Å². The van der Waals surface area contributed by atoms with Gasteiger partial charge in [-0.15, -0.1) is 6.42 Å². The normalized spacial score (nSPS) is 31.5. The summed E-state index contributed by atoms with van der Waals surface area (Å²) in [5.74, 6) is 2.67. The molecule has 0 radical (unpaired) electrons. The maximum atomic E-state index is 5.67. The highest BCUT2D eigenvalue weighted by Crippen LogP contribution is 2.30. The van der Waals surface area contributed by atoms with E-state index in [-0.39, 0.29) is 11.7 Å². The van der Waals surface area contributed by atoms with Gasteiger partial charge in [-0.25, -0.2) is 9.78 Å². The molecule has 1 heterocycles. The molecular formula is C12H20O3. The smallest absolute Gasteiger partial charge is 0.155 e. The van der Waals surface area contributed by atoms with E-state index in [2.05, 4.69) is 5.92 Å². The first-order valence-corrected chi connectivity index (χ1v) is 5.33. The van der Waals surface area contributed by atoms with Crippen molar-refractivity contribution >= 4 is 0 Å². The van der Waals surface area contributed by atoms with Crippen LogP contribution in [0.5, 0.6) is 0 Å². The Morgan fingerprint density at radius 2 is 2.20 bits per heavy atom. The van der Waals surface area contributed by atoms with Crippen LogP contribution in [0, 0.1) is 12.3 Å². The molecule has 1 saturated heterocycles. The van der Waals surface area contributed by atoms with E-state index >= 15 is 0 Å². The second-order valence-corrected chi connectivity index (χ2v) is 5.06. The van der Waals surface area contributed by atoms with Crippen LogP contribution in [0.2, 0.25) is 0 Å². The van der Waals surface area contributed by atoms with Gasteiger partial charge in [0.1, 0.15) is 6.61 Å². The summed E-state index contributed by atoms with van der Waals surface area (Å²) in [5.41, 5.74) is -0.912. The zero-order chi connectivity index (χ0) is 11.5. The van der Waals surface area contributed by atoms with Crippen molar-refractivity contribution in [3.63, 3.8) is 0 Å². The lowest BCUT2D eigenvalue weighted by molar-refractivity contribution is -0.361. The molecule has 0 N–H and O–H groups in total. The fraction of sp³-hybridized carbons (Fsp3) is 0.833. The van der Waals surface area contributed by atoms with Crippen molar-refractivity contribution in [2.75, 3.05) is 6.61 Å². The van der Waals surface area contributed by atoms with Crippen molar-refractivity contribution in [3.8, 4) is 12.3 Å². The third-order valence-electron chi connectivity index (χ3n) is 2.25. The Morgan fingerprint density at radius 3 is 2.60 bits per heavy atom. The molecule has 86 valence electrons. The van der Waals surface area contributed by atoms with E-state index in [0.717, 1.165) is 12.8 Å². The molecule has 0 unspecified atom stereocenters. The second-order valence-electron chi connectivity index (χ2n) is 5.06. The summed E-state index contributed by atoms with van der Waals surface area (Å²) in [6, 6.07) is 0. The molecule has 1 fully saturated rings. The molecule has 0 aliphatic carbocycles. The zero-order valence-electron chi connectivity index (χ0n) is 10.0. The topological polar surface area (TPSA) is 27.7 Å². The largest absolute Gasteiger partial charge is 0.357 e. The molecule has 0 spiro atoms. The van der Waals surface area contributed by atoms with Gasteiger partial charge >= 0.3 is 0 Å². The molecule has 2 atom stereocenters. The third-order valence-corrected chi connectivity index (χ3v) is 2.25. The summed E-state index contributed by atoms with van der Waals surface area (Å²) < 4.78 is 5.67. The molecule has 0 amide bonds. The van der Waals surface area contributed by atoms with E-state index in [1.54, 1.807) is 0 Å². The van der Waals surface area contributed by atoms with Gasteiger partial charge in [-0.1, -0.05) is 5.92 Å².